The maximum absolute atomic E-state index is 9.06. The smallest absolute Gasteiger partial charge is 0.206 e. The van der Waals surface area contributed by atoms with Crippen molar-refractivity contribution in [2.75, 3.05) is 7.05 Å². The van der Waals surface area contributed by atoms with Gasteiger partial charge in [-0.1, -0.05) is 0 Å². The van der Waals surface area contributed by atoms with Gasteiger partial charge in [-0.3, -0.25) is 4.79 Å². The highest BCUT2D eigenvalue weighted by Gasteiger charge is 2.46. The van der Waals surface area contributed by atoms with E-state index in [0.717, 1.165) is 0 Å². The fraction of sp³-hybridized carbons (Fsp3) is 0.875. The molecule has 1 amide bonds. The Morgan fingerprint density at radius 2 is 0.875 bits per heavy atom. The highest BCUT2D eigenvalue weighted by molar-refractivity contribution is 6.45. The molecule has 0 atom stereocenters. The van der Waals surface area contributed by atoms with E-state index in [-0.39, 0.29) is 0 Å². The van der Waals surface area contributed by atoms with Crippen LogP contribution in [0.15, 0.2) is 0 Å². The lowest BCUT2D eigenvalue weighted by molar-refractivity contribution is -0.109. The first kappa shape index (κ1) is 17.2. The summed E-state index contributed by atoms with van der Waals surface area (Å²) >= 11 is 35.3. The molecule has 0 heterocycles. The van der Waals surface area contributed by atoms with Crippen LogP contribution < -0.4 is 5.32 Å². The molecule has 1 N–H and O–H groups in total. The first-order valence-electron chi connectivity index (χ1n) is 4.33. The summed E-state index contributed by atoms with van der Waals surface area (Å²) in [6.45, 7) is 0. The van der Waals surface area contributed by atoms with Gasteiger partial charge < -0.3 is 5.32 Å². The van der Waals surface area contributed by atoms with Crippen molar-refractivity contribution in [3.8, 4) is 0 Å². The van der Waals surface area contributed by atoms with Gasteiger partial charge >= 0.3 is 0 Å². The van der Waals surface area contributed by atoms with E-state index >= 15 is 0 Å². The Morgan fingerprint density at radius 3 is 0.938 bits per heavy atom. The number of nitrogens with one attached hydrogen (secondary N) is 1. The third-order valence-electron chi connectivity index (χ3n) is 1.94. The number of carbonyl (C=O) groups is 1. The molecule has 0 aliphatic heterocycles. The third kappa shape index (κ3) is 4.47. The van der Waals surface area contributed by atoms with E-state index in [2.05, 4.69) is 5.32 Å². The molecule has 1 saturated carbocycles. The van der Waals surface area contributed by atoms with E-state index in [1.54, 1.807) is 7.05 Å². The summed E-state index contributed by atoms with van der Waals surface area (Å²) < 4.78 is 0. The van der Waals surface area contributed by atoms with Gasteiger partial charge in [-0.15, -0.1) is 69.6 Å². The van der Waals surface area contributed by atoms with Crippen LogP contribution in [-0.4, -0.2) is 45.7 Å². The summed E-state index contributed by atoms with van der Waals surface area (Å²) in [7, 11) is 1.56. The van der Waals surface area contributed by atoms with Gasteiger partial charge in [-0.2, -0.15) is 0 Å². The molecule has 2 nitrogen and oxygen atoms in total. The molecular weight excluding hydrogens is 339 g/mol. The summed E-state index contributed by atoms with van der Waals surface area (Å²) in [5.74, 6) is 0. The van der Waals surface area contributed by atoms with Crippen LogP contribution >= 0.6 is 69.6 Å². The first-order valence-corrected chi connectivity index (χ1v) is 6.95. The van der Waals surface area contributed by atoms with Gasteiger partial charge in [0.2, 0.25) is 6.41 Å². The van der Waals surface area contributed by atoms with Crippen molar-refractivity contribution in [1.82, 2.24) is 5.32 Å². The highest BCUT2D eigenvalue weighted by atomic mass is 35.5. The number of hydrogen-bond donors (Lipinski definition) is 1. The van der Waals surface area contributed by atoms with Crippen LogP contribution in [0.3, 0.4) is 0 Å². The molecule has 1 aliphatic carbocycles. The Morgan fingerprint density at radius 1 is 0.750 bits per heavy atom. The van der Waals surface area contributed by atoms with E-state index < -0.39 is 32.3 Å². The van der Waals surface area contributed by atoms with Crippen LogP contribution in [0.2, 0.25) is 0 Å². The largest absolute Gasteiger partial charge is 0.362 e. The number of halogens is 6. The average molecular weight is 350 g/mol. The Hall–Kier alpha value is 1.21. The zero-order valence-corrected chi connectivity index (χ0v) is 12.8. The molecule has 0 aromatic heterocycles. The zero-order chi connectivity index (χ0) is 12.9. The fourth-order valence-corrected chi connectivity index (χ4v) is 3.38. The van der Waals surface area contributed by atoms with Gasteiger partial charge in [0.1, 0.15) is 0 Å². The van der Waals surface area contributed by atoms with Crippen LogP contribution in [0.1, 0.15) is 0 Å². The quantitative estimate of drug-likeness (QED) is 0.572. The predicted molar refractivity (Wildman–Crippen MR) is 73.0 cm³/mol. The van der Waals surface area contributed by atoms with Crippen LogP contribution in [0.4, 0.5) is 0 Å². The summed E-state index contributed by atoms with van der Waals surface area (Å²) in [5.41, 5.74) is 0. The maximum Gasteiger partial charge on any atom is 0.206 e. The van der Waals surface area contributed by atoms with Crippen molar-refractivity contribution in [1.29, 1.82) is 0 Å². The van der Waals surface area contributed by atoms with E-state index in [0.29, 0.717) is 6.41 Å². The van der Waals surface area contributed by atoms with E-state index in [1.807, 2.05) is 0 Å². The molecule has 0 aromatic rings. The van der Waals surface area contributed by atoms with Gasteiger partial charge in [0.15, 0.2) is 0 Å². The SMILES string of the molecule is CNC=O.Cl[C@H]1[C@H](Cl)[C@@H](Cl)[C@@H](Cl)[C@H](Cl)[C@H]1Cl. The number of alkyl halides is 6. The van der Waals surface area contributed by atoms with Gasteiger partial charge in [-0.25, -0.2) is 0 Å². The standard InChI is InChI=1S/C6H6Cl6.C2H5NO/c7-1-2(8)4(10)6(12)5(11)3(1)9;1-3-2-4/h1-6H;2H,1H3,(H,3,4)/t1-,2-,3-,4+,5+,6+;. The van der Waals surface area contributed by atoms with Gasteiger partial charge in [0.25, 0.3) is 0 Å². The molecule has 0 bridgehead atoms. The number of hydrogen-bond acceptors (Lipinski definition) is 1. The molecule has 8 heteroatoms. The van der Waals surface area contributed by atoms with Crippen molar-refractivity contribution >= 4 is 76.0 Å². The van der Waals surface area contributed by atoms with Crippen molar-refractivity contribution < 1.29 is 4.79 Å². The molecule has 0 aromatic carbocycles. The second-order valence-electron chi connectivity index (χ2n) is 3.07. The highest BCUT2D eigenvalue weighted by Crippen LogP contribution is 2.39. The fourth-order valence-electron chi connectivity index (χ4n) is 1.05. The first-order chi connectivity index (χ1) is 7.38. The molecule has 16 heavy (non-hydrogen) atoms. The minimum absolute atomic E-state index is 0.437. The molecule has 0 radical (unpaired) electrons. The second kappa shape index (κ2) is 8.34. The predicted octanol–water partition coefficient (Wildman–Crippen LogP) is 3.01. The molecule has 1 fully saturated rings. The number of rotatable bonds is 1. The lowest BCUT2D eigenvalue weighted by Crippen LogP contribution is -2.52. The second-order valence-corrected chi connectivity index (χ2v) is 6.10. The van der Waals surface area contributed by atoms with Crippen molar-refractivity contribution in [2.45, 2.75) is 32.3 Å². The van der Waals surface area contributed by atoms with E-state index in [4.69, 9.17) is 74.4 Å². The van der Waals surface area contributed by atoms with Crippen molar-refractivity contribution in [3.63, 3.8) is 0 Å². The van der Waals surface area contributed by atoms with Crippen LogP contribution in [0.25, 0.3) is 0 Å². The van der Waals surface area contributed by atoms with Gasteiger partial charge in [-0.05, 0) is 0 Å². The molecule has 1 aliphatic rings. The molecule has 0 spiro atoms. The van der Waals surface area contributed by atoms with Crippen molar-refractivity contribution in [2.24, 2.45) is 0 Å². The topological polar surface area (TPSA) is 29.1 Å². The molecule has 1 rings (SSSR count). The Bertz CT molecular complexity index is 160. The van der Waals surface area contributed by atoms with Crippen LogP contribution in [0.5, 0.6) is 0 Å². The Balaban J connectivity index is 0.000000487. The lowest BCUT2D eigenvalue weighted by atomic mass is 9.97. The summed E-state index contributed by atoms with van der Waals surface area (Å²) in [5, 5.41) is -0.370. The van der Waals surface area contributed by atoms with E-state index in [9.17, 15) is 0 Å². The van der Waals surface area contributed by atoms with Crippen molar-refractivity contribution in [3.05, 3.63) is 0 Å². The minimum atomic E-state index is -0.437. The lowest BCUT2D eigenvalue weighted by Gasteiger charge is -2.37. The zero-order valence-electron chi connectivity index (χ0n) is 8.22. The molecular formula is C8H11Cl6NO. The average Bonchev–Trinajstić information content (AvgIpc) is 2.31. The number of amides is 1. The summed E-state index contributed by atoms with van der Waals surface area (Å²) in [6, 6.07) is 0. The van der Waals surface area contributed by atoms with E-state index in [1.165, 1.54) is 0 Å². The minimum Gasteiger partial charge on any atom is -0.362 e. The Kier molecular flexibility index (Phi) is 8.97. The monoisotopic (exact) mass is 347 g/mol. The Labute approximate surface area is 125 Å². The van der Waals surface area contributed by atoms with Gasteiger partial charge in [0, 0.05) is 7.05 Å². The maximum atomic E-state index is 9.06. The third-order valence-corrected chi connectivity index (χ3v) is 5.97. The van der Waals surface area contributed by atoms with Crippen LogP contribution in [-0.2, 0) is 4.79 Å². The molecule has 0 saturated heterocycles. The summed E-state index contributed by atoms with van der Waals surface area (Å²) in [4.78, 5) is 9.06. The number of carbonyl (C=O) groups excluding carboxylic acids is 1. The molecule has 96 valence electrons. The van der Waals surface area contributed by atoms with Crippen LogP contribution in [0, 0.1) is 0 Å². The molecule has 0 unspecified atom stereocenters. The van der Waals surface area contributed by atoms with Gasteiger partial charge in [0.05, 0.1) is 32.3 Å². The normalized spacial score (nSPS) is 42.9. The summed E-state index contributed by atoms with van der Waals surface area (Å²) in [6.07, 6.45) is 0.625.